The van der Waals surface area contributed by atoms with Crippen LogP contribution in [0.25, 0.3) is 0 Å². The molecule has 1 aliphatic carbocycles. The summed E-state index contributed by atoms with van der Waals surface area (Å²) in [5, 5.41) is 4.50. The minimum Gasteiger partial charge on any atom is -0.310 e. The van der Waals surface area contributed by atoms with Gasteiger partial charge in [0.15, 0.2) is 0 Å². The van der Waals surface area contributed by atoms with Gasteiger partial charge in [-0.1, -0.05) is 43.9 Å². The maximum atomic E-state index is 6.01. The van der Waals surface area contributed by atoms with Gasteiger partial charge in [-0.05, 0) is 52.4 Å². The first-order valence-corrected chi connectivity index (χ1v) is 8.05. The number of halogens is 2. The Kier molecular flexibility index (Phi) is 5.53. The van der Waals surface area contributed by atoms with E-state index >= 15 is 0 Å². The normalized spacial score (nSPS) is 24.2. The maximum Gasteiger partial charge on any atom is 0.0548 e. The zero-order valence-corrected chi connectivity index (χ0v) is 13.2. The summed E-state index contributed by atoms with van der Waals surface area (Å²) in [6.45, 7) is 3.25. The molecule has 2 atom stereocenters. The van der Waals surface area contributed by atoms with Gasteiger partial charge in [-0.25, -0.2) is 0 Å². The number of nitrogens with one attached hydrogen (secondary N) is 1. The molecular formula is C15H21BrClN. The molecule has 1 aromatic rings. The van der Waals surface area contributed by atoms with Gasteiger partial charge in [0.05, 0.1) is 5.02 Å². The summed E-state index contributed by atoms with van der Waals surface area (Å²) in [7, 11) is 0. The summed E-state index contributed by atoms with van der Waals surface area (Å²) >= 11 is 9.49. The summed E-state index contributed by atoms with van der Waals surface area (Å²) in [5.41, 5.74) is 1.30. The molecule has 3 heteroatoms. The van der Waals surface area contributed by atoms with Crippen LogP contribution in [-0.4, -0.2) is 6.04 Å². The van der Waals surface area contributed by atoms with Crippen LogP contribution in [0.2, 0.25) is 5.02 Å². The van der Waals surface area contributed by atoms with E-state index in [0.717, 1.165) is 22.0 Å². The van der Waals surface area contributed by atoms with Gasteiger partial charge in [-0.15, -0.1) is 0 Å². The zero-order chi connectivity index (χ0) is 13.0. The first kappa shape index (κ1) is 14.4. The fourth-order valence-electron chi connectivity index (χ4n) is 2.86. The Morgan fingerprint density at radius 2 is 2.11 bits per heavy atom. The van der Waals surface area contributed by atoms with Crippen LogP contribution in [0, 0.1) is 5.92 Å². The van der Waals surface area contributed by atoms with Gasteiger partial charge in [-0.3, -0.25) is 0 Å². The molecule has 2 unspecified atom stereocenters. The van der Waals surface area contributed by atoms with Crippen molar-refractivity contribution in [1.29, 1.82) is 0 Å². The third-order valence-corrected chi connectivity index (χ3v) is 5.20. The van der Waals surface area contributed by atoms with Crippen LogP contribution in [0.1, 0.15) is 44.6 Å². The largest absolute Gasteiger partial charge is 0.310 e. The van der Waals surface area contributed by atoms with Crippen molar-refractivity contribution >= 4 is 27.5 Å². The van der Waals surface area contributed by atoms with Crippen molar-refractivity contribution < 1.29 is 0 Å². The molecule has 1 N–H and O–H groups in total. The van der Waals surface area contributed by atoms with Gasteiger partial charge in [0, 0.05) is 17.1 Å². The lowest BCUT2D eigenvalue weighted by molar-refractivity contribution is 0.254. The van der Waals surface area contributed by atoms with Crippen molar-refractivity contribution in [1.82, 2.24) is 5.32 Å². The van der Waals surface area contributed by atoms with Crippen molar-refractivity contribution in [2.24, 2.45) is 5.92 Å². The molecule has 1 aliphatic rings. The molecule has 0 bridgehead atoms. The molecule has 0 amide bonds. The van der Waals surface area contributed by atoms with Gasteiger partial charge >= 0.3 is 0 Å². The fourth-order valence-corrected chi connectivity index (χ4v) is 3.41. The van der Waals surface area contributed by atoms with E-state index in [4.69, 9.17) is 11.6 Å². The lowest BCUT2D eigenvalue weighted by Crippen LogP contribution is -2.37. The smallest absolute Gasteiger partial charge is 0.0548 e. The second kappa shape index (κ2) is 6.93. The van der Waals surface area contributed by atoms with Crippen molar-refractivity contribution in [2.75, 3.05) is 0 Å². The molecule has 0 heterocycles. The van der Waals surface area contributed by atoms with E-state index in [1.54, 1.807) is 0 Å². The third kappa shape index (κ3) is 3.72. The Morgan fingerprint density at radius 1 is 1.33 bits per heavy atom. The van der Waals surface area contributed by atoms with Gasteiger partial charge < -0.3 is 5.32 Å². The second-order valence-corrected chi connectivity index (χ2v) is 6.45. The van der Waals surface area contributed by atoms with E-state index in [2.05, 4.69) is 40.3 Å². The first-order valence-electron chi connectivity index (χ1n) is 6.88. The van der Waals surface area contributed by atoms with Crippen molar-refractivity contribution in [3.05, 3.63) is 33.3 Å². The van der Waals surface area contributed by atoms with Crippen LogP contribution < -0.4 is 5.32 Å². The Morgan fingerprint density at radius 3 is 2.83 bits per heavy atom. The van der Waals surface area contributed by atoms with Crippen molar-refractivity contribution in [3.8, 4) is 0 Å². The molecule has 0 spiro atoms. The molecular weight excluding hydrogens is 310 g/mol. The summed E-state index contributed by atoms with van der Waals surface area (Å²) in [6.07, 6.45) is 6.79. The summed E-state index contributed by atoms with van der Waals surface area (Å²) in [5.74, 6) is 0.856. The van der Waals surface area contributed by atoms with Gasteiger partial charge in [-0.2, -0.15) is 0 Å². The predicted molar refractivity (Wildman–Crippen MR) is 82.0 cm³/mol. The summed E-state index contributed by atoms with van der Waals surface area (Å²) in [4.78, 5) is 0. The molecule has 0 aliphatic heterocycles. The van der Waals surface area contributed by atoms with E-state index in [0.29, 0.717) is 6.04 Å². The highest BCUT2D eigenvalue weighted by molar-refractivity contribution is 9.10. The molecule has 1 aromatic carbocycles. The summed E-state index contributed by atoms with van der Waals surface area (Å²) < 4.78 is 0.985. The monoisotopic (exact) mass is 329 g/mol. The van der Waals surface area contributed by atoms with Crippen LogP contribution in [0.5, 0.6) is 0 Å². The van der Waals surface area contributed by atoms with Gasteiger partial charge in [0.25, 0.3) is 0 Å². The molecule has 1 fully saturated rings. The number of hydrogen-bond acceptors (Lipinski definition) is 1. The minimum atomic E-state index is 0.693. The number of benzene rings is 1. The van der Waals surface area contributed by atoms with Crippen molar-refractivity contribution in [3.63, 3.8) is 0 Å². The molecule has 2 rings (SSSR count). The van der Waals surface area contributed by atoms with Gasteiger partial charge in [0.2, 0.25) is 0 Å². The van der Waals surface area contributed by atoms with Crippen LogP contribution in [0.3, 0.4) is 0 Å². The zero-order valence-electron chi connectivity index (χ0n) is 10.9. The average Bonchev–Trinajstić information content (AvgIpc) is 2.40. The molecule has 0 radical (unpaired) electrons. The van der Waals surface area contributed by atoms with E-state index in [-0.39, 0.29) is 0 Å². The van der Waals surface area contributed by atoms with Crippen molar-refractivity contribution in [2.45, 2.75) is 51.6 Å². The molecule has 0 saturated heterocycles. The Bertz CT molecular complexity index is 394. The Labute approximate surface area is 123 Å². The highest BCUT2D eigenvalue weighted by Gasteiger charge is 2.22. The first-order chi connectivity index (χ1) is 8.70. The average molecular weight is 331 g/mol. The summed E-state index contributed by atoms with van der Waals surface area (Å²) in [6, 6.07) is 6.86. The lowest BCUT2D eigenvalue weighted by Gasteiger charge is -2.31. The predicted octanol–water partition coefficient (Wildman–Crippen LogP) is 5.16. The highest BCUT2D eigenvalue weighted by atomic mass is 79.9. The van der Waals surface area contributed by atoms with E-state index < -0.39 is 0 Å². The molecule has 0 aromatic heterocycles. The molecule has 1 nitrogen and oxygen atoms in total. The van der Waals surface area contributed by atoms with Crippen LogP contribution in [-0.2, 0) is 6.54 Å². The third-order valence-electron chi connectivity index (χ3n) is 3.99. The quantitative estimate of drug-likeness (QED) is 0.804. The second-order valence-electron chi connectivity index (χ2n) is 5.19. The van der Waals surface area contributed by atoms with Crippen LogP contribution >= 0.6 is 27.5 Å². The maximum absolute atomic E-state index is 6.01. The topological polar surface area (TPSA) is 12.0 Å². The standard InChI is InChI=1S/C15H21BrClN/c1-2-12-5-3-4-6-15(12)18-10-11-7-8-14(17)13(16)9-11/h7-9,12,15,18H,2-6,10H2,1H3. The molecule has 100 valence electrons. The van der Waals surface area contributed by atoms with Gasteiger partial charge in [0.1, 0.15) is 0 Å². The molecule has 18 heavy (non-hydrogen) atoms. The molecule has 1 saturated carbocycles. The minimum absolute atomic E-state index is 0.693. The van der Waals surface area contributed by atoms with E-state index in [1.807, 2.05) is 6.07 Å². The SMILES string of the molecule is CCC1CCCCC1NCc1ccc(Cl)c(Br)c1. The lowest BCUT2D eigenvalue weighted by atomic mass is 9.83. The van der Waals surface area contributed by atoms with E-state index in [9.17, 15) is 0 Å². The van der Waals surface area contributed by atoms with Crippen LogP contribution in [0.4, 0.5) is 0 Å². The Hall–Kier alpha value is -0.0500. The number of hydrogen-bond donors (Lipinski definition) is 1. The van der Waals surface area contributed by atoms with Crippen LogP contribution in [0.15, 0.2) is 22.7 Å². The highest BCUT2D eigenvalue weighted by Crippen LogP contribution is 2.27. The number of rotatable bonds is 4. The van der Waals surface area contributed by atoms with E-state index in [1.165, 1.54) is 37.7 Å². The fraction of sp³-hybridized carbons (Fsp3) is 0.600. The Balaban J connectivity index is 1.91.